The summed E-state index contributed by atoms with van der Waals surface area (Å²) in [6.45, 7) is 3.76. The molecule has 1 aromatic carbocycles. The van der Waals surface area contributed by atoms with Crippen LogP contribution >= 0.6 is 11.3 Å². The van der Waals surface area contributed by atoms with Gasteiger partial charge in [-0.1, -0.05) is 30.3 Å². The van der Waals surface area contributed by atoms with Crippen LogP contribution in [-0.2, 0) is 13.1 Å². The standard InChI is InChI=1S/C19H22N4S/c1-14-11-22-19(24-14)18(16-7-8-16)21-12-17-20-9-10-23(17)13-15-5-3-2-4-6-15/h2-6,9-11,16,18,21H,7-8,12-13H2,1H3/t18-/m0/s1. The lowest BCUT2D eigenvalue weighted by Crippen LogP contribution is -2.24. The number of rotatable bonds is 7. The Morgan fingerprint density at radius 3 is 2.79 bits per heavy atom. The van der Waals surface area contributed by atoms with Gasteiger partial charge in [-0.25, -0.2) is 9.97 Å². The molecule has 4 nitrogen and oxygen atoms in total. The Balaban J connectivity index is 1.45. The summed E-state index contributed by atoms with van der Waals surface area (Å²) in [5.74, 6) is 1.81. The average Bonchev–Trinajstić information content (AvgIpc) is 3.19. The summed E-state index contributed by atoms with van der Waals surface area (Å²) in [6.07, 6.45) is 8.53. The van der Waals surface area contributed by atoms with E-state index in [9.17, 15) is 0 Å². The number of hydrogen-bond acceptors (Lipinski definition) is 4. The van der Waals surface area contributed by atoms with E-state index in [1.807, 2.05) is 23.7 Å². The van der Waals surface area contributed by atoms with Crippen molar-refractivity contribution in [1.82, 2.24) is 19.9 Å². The van der Waals surface area contributed by atoms with Crippen molar-refractivity contribution in [3.63, 3.8) is 0 Å². The quantitative estimate of drug-likeness (QED) is 0.709. The molecule has 2 aromatic heterocycles. The third kappa shape index (κ3) is 3.57. The van der Waals surface area contributed by atoms with Crippen LogP contribution in [0.2, 0.25) is 0 Å². The van der Waals surface area contributed by atoms with Gasteiger partial charge in [0.25, 0.3) is 0 Å². The van der Waals surface area contributed by atoms with E-state index in [1.165, 1.54) is 28.3 Å². The van der Waals surface area contributed by atoms with Crippen molar-refractivity contribution in [3.8, 4) is 0 Å². The van der Waals surface area contributed by atoms with Gasteiger partial charge in [-0.15, -0.1) is 11.3 Å². The van der Waals surface area contributed by atoms with Gasteiger partial charge in [-0.3, -0.25) is 0 Å². The second-order valence-electron chi connectivity index (χ2n) is 6.46. The lowest BCUT2D eigenvalue weighted by atomic mass is 10.2. The summed E-state index contributed by atoms with van der Waals surface area (Å²) in [7, 11) is 0. The van der Waals surface area contributed by atoms with E-state index in [4.69, 9.17) is 0 Å². The maximum absolute atomic E-state index is 4.60. The first kappa shape index (κ1) is 15.5. The molecule has 1 saturated carbocycles. The molecule has 1 fully saturated rings. The third-order valence-corrected chi connectivity index (χ3v) is 5.47. The van der Waals surface area contributed by atoms with Crippen LogP contribution < -0.4 is 5.32 Å². The molecule has 0 aliphatic heterocycles. The van der Waals surface area contributed by atoms with Gasteiger partial charge >= 0.3 is 0 Å². The van der Waals surface area contributed by atoms with Crippen LogP contribution in [0.1, 0.15) is 40.2 Å². The van der Waals surface area contributed by atoms with E-state index in [-0.39, 0.29) is 0 Å². The SMILES string of the molecule is Cc1cnc([C@@H](NCc2nccn2Cc2ccccc2)C2CC2)s1. The number of imidazole rings is 1. The predicted octanol–water partition coefficient (Wildman–Crippen LogP) is 3.94. The Hall–Kier alpha value is -1.98. The van der Waals surface area contributed by atoms with Crippen LogP contribution in [0.25, 0.3) is 0 Å². The molecule has 0 unspecified atom stereocenters. The first-order chi connectivity index (χ1) is 11.8. The summed E-state index contributed by atoms with van der Waals surface area (Å²) in [5, 5.41) is 4.92. The number of aryl methyl sites for hydroxylation is 1. The highest BCUT2D eigenvalue weighted by atomic mass is 32.1. The minimum atomic E-state index is 0.366. The van der Waals surface area contributed by atoms with Crippen LogP contribution in [0, 0.1) is 12.8 Å². The third-order valence-electron chi connectivity index (χ3n) is 4.48. The van der Waals surface area contributed by atoms with Gasteiger partial charge in [0.15, 0.2) is 0 Å². The molecule has 124 valence electrons. The van der Waals surface area contributed by atoms with Crippen molar-refractivity contribution in [2.45, 2.75) is 38.9 Å². The fraction of sp³-hybridized carbons (Fsp3) is 0.368. The van der Waals surface area contributed by atoms with E-state index < -0.39 is 0 Å². The number of aromatic nitrogens is 3. The lowest BCUT2D eigenvalue weighted by Gasteiger charge is -2.16. The zero-order chi connectivity index (χ0) is 16.4. The van der Waals surface area contributed by atoms with Gasteiger partial charge in [0.05, 0.1) is 12.6 Å². The number of nitrogens with zero attached hydrogens (tertiary/aromatic N) is 3. The maximum Gasteiger partial charge on any atom is 0.122 e. The summed E-state index contributed by atoms with van der Waals surface area (Å²) in [6, 6.07) is 10.9. The van der Waals surface area contributed by atoms with Crippen molar-refractivity contribution in [2.75, 3.05) is 0 Å². The highest BCUT2D eigenvalue weighted by Crippen LogP contribution is 2.42. The fourth-order valence-corrected chi connectivity index (χ4v) is 3.98. The Kier molecular flexibility index (Phi) is 4.45. The van der Waals surface area contributed by atoms with Gasteiger partial charge in [-0.2, -0.15) is 0 Å². The topological polar surface area (TPSA) is 42.7 Å². The van der Waals surface area contributed by atoms with Crippen LogP contribution in [0.4, 0.5) is 0 Å². The second-order valence-corrected chi connectivity index (χ2v) is 7.73. The van der Waals surface area contributed by atoms with Gasteiger partial charge < -0.3 is 9.88 Å². The van der Waals surface area contributed by atoms with Crippen LogP contribution in [-0.4, -0.2) is 14.5 Å². The normalized spacial score (nSPS) is 15.5. The minimum Gasteiger partial charge on any atom is -0.329 e. The van der Waals surface area contributed by atoms with Crippen LogP contribution in [0.3, 0.4) is 0 Å². The Morgan fingerprint density at radius 2 is 2.08 bits per heavy atom. The second kappa shape index (κ2) is 6.87. The number of hydrogen-bond donors (Lipinski definition) is 1. The fourth-order valence-electron chi connectivity index (χ4n) is 3.03. The van der Waals surface area contributed by atoms with Crippen LogP contribution in [0.15, 0.2) is 48.9 Å². The predicted molar refractivity (Wildman–Crippen MR) is 96.9 cm³/mol. The highest BCUT2D eigenvalue weighted by Gasteiger charge is 2.34. The zero-order valence-electron chi connectivity index (χ0n) is 13.9. The summed E-state index contributed by atoms with van der Waals surface area (Å²) in [5.41, 5.74) is 1.30. The summed E-state index contributed by atoms with van der Waals surface area (Å²) < 4.78 is 2.22. The molecule has 4 rings (SSSR count). The van der Waals surface area contributed by atoms with Gasteiger partial charge in [0.1, 0.15) is 10.8 Å². The van der Waals surface area contributed by atoms with Crippen molar-refractivity contribution >= 4 is 11.3 Å². The van der Waals surface area contributed by atoms with E-state index in [0.29, 0.717) is 6.04 Å². The van der Waals surface area contributed by atoms with E-state index in [2.05, 4.69) is 63.3 Å². The molecule has 0 bridgehead atoms. The minimum absolute atomic E-state index is 0.366. The molecule has 24 heavy (non-hydrogen) atoms. The molecule has 1 N–H and O–H groups in total. The van der Waals surface area contributed by atoms with Crippen molar-refractivity contribution < 1.29 is 0 Å². The number of thiazole rings is 1. The van der Waals surface area contributed by atoms with Crippen molar-refractivity contribution in [3.05, 3.63) is 70.2 Å². The van der Waals surface area contributed by atoms with E-state index in [0.717, 1.165) is 24.8 Å². The van der Waals surface area contributed by atoms with Crippen molar-refractivity contribution in [1.29, 1.82) is 0 Å². The average molecular weight is 338 g/mol. The molecule has 0 spiro atoms. The Morgan fingerprint density at radius 1 is 1.25 bits per heavy atom. The van der Waals surface area contributed by atoms with Gasteiger partial charge in [-0.05, 0) is 31.2 Å². The first-order valence-corrected chi connectivity index (χ1v) is 9.31. The molecular formula is C19H22N4S. The smallest absolute Gasteiger partial charge is 0.122 e. The molecule has 2 heterocycles. The molecule has 0 saturated heterocycles. The highest BCUT2D eigenvalue weighted by molar-refractivity contribution is 7.11. The zero-order valence-corrected chi connectivity index (χ0v) is 14.7. The molecule has 0 amide bonds. The summed E-state index contributed by atoms with van der Waals surface area (Å²) >= 11 is 1.81. The molecule has 1 atom stereocenters. The Bertz CT molecular complexity index is 789. The number of nitrogens with one attached hydrogen (secondary N) is 1. The number of benzene rings is 1. The van der Waals surface area contributed by atoms with Gasteiger partial charge in [0.2, 0.25) is 0 Å². The molecule has 3 aromatic rings. The van der Waals surface area contributed by atoms with E-state index >= 15 is 0 Å². The lowest BCUT2D eigenvalue weighted by molar-refractivity contribution is 0.463. The molecule has 0 radical (unpaired) electrons. The monoisotopic (exact) mass is 338 g/mol. The van der Waals surface area contributed by atoms with Crippen LogP contribution in [0.5, 0.6) is 0 Å². The molecular weight excluding hydrogens is 316 g/mol. The molecule has 5 heteroatoms. The Labute approximate surface area is 146 Å². The van der Waals surface area contributed by atoms with Gasteiger partial charge in [0, 0.05) is 30.0 Å². The summed E-state index contributed by atoms with van der Waals surface area (Å²) in [4.78, 5) is 10.4. The maximum atomic E-state index is 4.60. The first-order valence-electron chi connectivity index (χ1n) is 8.49. The molecule has 1 aliphatic carbocycles. The van der Waals surface area contributed by atoms with E-state index in [1.54, 1.807) is 0 Å². The van der Waals surface area contributed by atoms with Crippen molar-refractivity contribution in [2.24, 2.45) is 5.92 Å². The largest absolute Gasteiger partial charge is 0.329 e. The molecule has 1 aliphatic rings.